The van der Waals surface area contributed by atoms with Gasteiger partial charge in [0.25, 0.3) is 0 Å². The van der Waals surface area contributed by atoms with Crippen LogP contribution in [0, 0.1) is 0 Å². The van der Waals surface area contributed by atoms with Gasteiger partial charge in [0.15, 0.2) is 5.13 Å². The lowest BCUT2D eigenvalue weighted by Gasteiger charge is -2.32. The Bertz CT molecular complexity index is 1480. The minimum absolute atomic E-state index is 0.456. The number of allylic oxidation sites excluding steroid dienone is 1. The van der Waals surface area contributed by atoms with E-state index in [0.717, 1.165) is 51.3 Å². The summed E-state index contributed by atoms with van der Waals surface area (Å²) in [5, 5.41) is 3.24. The van der Waals surface area contributed by atoms with Crippen molar-refractivity contribution in [3.8, 4) is 0 Å². The van der Waals surface area contributed by atoms with Crippen LogP contribution in [-0.4, -0.2) is 58.9 Å². The summed E-state index contributed by atoms with van der Waals surface area (Å²) < 4.78 is 25.0. The number of thiazole rings is 1. The molecule has 11 heteroatoms. The van der Waals surface area contributed by atoms with Crippen molar-refractivity contribution >= 4 is 45.7 Å². The molecule has 6 rings (SSSR count). The average Bonchev–Trinajstić information content (AvgIpc) is 3.43. The smallest absolute Gasteiger partial charge is 0.497 e. The van der Waals surface area contributed by atoms with Crippen LogP contribution in [0.15, 0.2) is 58.0 Å². The first-order chi connectivity index (χ1) is 18.3. The molecule has 2 aromatic rings. The third-order valence-electron chi connectivity index (χ3n) is 7.61. The summed E-state index contributed by atoms with van der Waals surface area (Å²) in [5.41, 5.74) is 4.47. The van der Waals surface area contributed by atoms with Crippen molar-refractivity contribution in [2.75, 3.05) is 18.5 Å². The predicted molar refractivity (Wildman–Crippen MR) is 153 cm³/mol. The lowest BCUT2D eigenvalue weighted by Crippen LogP contribution is -2.41. The van der Waals surface area contributed by atoms with Crippen molar-refractivity contribution in [1.29, 1.82) is 0 Å². The average molecular weight is 548 g/mol. The number of nitrogens with one attached hydrogen (secondary N) is 1. The number of fused-ring (bicyclic) bond motifs is 1. The van der Waals surface area contributed by atoms with Crippen LogP contribution in [0.25, 0.3) is 10.2 Å². The summed E-state index contributed by atoms with van der Waals surface area (Å²) in [7, 11) is -0.545. The normalized spacial score (nSPS) is 21.7. The molecule has 0 spiro atoms. The monoisotopic (exact) mass is 548 g/mol. The highest BCUT2D eigenvalue weighted by molar-refractivity contribution is 7.22. The lowest BCUT2D eigenvalue weighted by atomic mass is 9.73. The van der Waals surface area contributed by atoms with Gasteiger partial charge in [0.05, 0.1) is 33.4 Å². The molecular formula is C28H33BN4O5S. The number of amides is 1. The Morgan fingerprint density at radius 3 is 2.64 bits per heavy atom. The Labute approximate surface area is 232 Å². The number of amidine groups is 1. The molecule has 0 bridgehead atoms. The van der Waals surface area contributed by atoms with Gasteiger partial charge in [-0.3, -0.25) is 5.32 Å². The molecule has 39 heavy (non-hydrogen) atoms. The zero-order chi connectivity index (χ0) is 27.7. The number of nitrogens with zero attached hydrogens (tertiary/aromatic N) is 3. The van der Waals surface area contributed by atoms with E-state index < -0.39 is 30.0 Å². The molecule has 1 N–H and O–H groups in total. The summed E-state index contributed by atoms with van der Waals surface area (Å²) in [6.45, 7) is 15.0. The van der Waals surface area contributed by atoms with Crippen molar-refractivity contribution in [3.05, 3.63) is 58.5 Å². The maximum atomic E-state index is 12.2. The zero-order valence-corrected chi connectivity index (χ0v) is 24.2. The van der Waals surface area contributed by atoms with Crippen molar-refractivity contribution in [2.45, 2.75) is 71.7 Å². The molecule has 204 valence electrons. The van der Waals surface area contributed by atoms with Gasteiger partial charge in [-0.15, -0.1) is 0 Å². The Hall–Kier alpha value is -3.15. The second kappa shape index (κ2) is 8.94. The minimum Gasteiger partial charge on any atom is -0.497 e. The molecule has 4 aliphatic rings. The first kappa shape index (κ1) is 26.1. The fraction of sp³-hybridized carbons (Fsp3) is 0.464. The zero-order valence-electron chi connectivity index (χ0n) is 23.4. The van der Waals surface area contributed by atoms with Crippen molar-refractivity contribution in [2.24, 2.45) is 4.99 Å². The number of aromatic nitrogens is 1. The fourth-order valence-corrected chi connectivity index (χ4v) is 5.90. The second-order valence-electron chi connectivity index (χ2n) is 12.2. The van der Waals surface area contributed by atoms with E-state index in [1.54, 1.807) is 6.26 Å². The van der Waals surface area contributed by atoms with E-state index in [1.807, 2.05) is 66.8 Å². The first-order valence-electron chi connectivity index (χ1n) is 13.2. The number of carbonyl (C=O) groups is 1. The molecule has 1 amide bonds. The number of aliphatic imine (C=N–C) groups is 1. The Balaban J connectivity index is 1.31. The highest BCUT2D eigenvalue weighted by atomic mass is 32.1. The number of rotatable bonds is 3. The second-order valence-corrected chi connectivity index (χ2v) is 13.2. The summed E-state index contributed by atoms with van der Waals surface area (Å²) in [6, 6.07) is 6.05. The van der Waals surface area contributed by atoms with Crippen LogP contribution in [0.1, 0.15) is 60.5 Å². The van der Waals surface area contributed by atoms with Crippen LogP contribution in [-0.2, 0) is 18.8 Å². The van der Waals surface area contributed by atoms with E-state index in [4.69, 9.17) is 23.8 Å². The quantitative estimate of drug-likeness (QED) is 0.485. The number of hydrogen-bond acceptors (Lipinski definition) is 9. The molecule has 0 atom stereocenters. The molecule has 0 saturated carbocycles. The molecule has 9 nitrogen and oxygen atoms in total. The highest BCUT2D eigenvalue weighted by Crippen LogP contribution is 2.44. The number of ether oxygens (including phenoxy) is 2. The van der Waals surface area contributed by atoms with Gasteiger partial charge in [-0.25, -0.2) is 14.8 Å². The lowest BCUT2D eigenvalue weighted by molar-refractivity contribution is 0.00578. The maximum absolute atomic E-state index is 12.2. The van der Waals surface area contributed by atoms with Gasteiger partial charge < -0.3 is 23.7 Å². The van der Waals surface area contributed by atoms with Gasteiger partial charge in [0, 0.05) is 29.4 Å². The van der Waals surface area contributed by atoms with Crippen molar-refractivity contribution < 1.29 is 23.6 Å². The van der Waals surface area contributed by atoms with Crippen LogP contribution in [0.2, 0.25) is 0 Å². The highest BCUT2D eigenvalue weighted by Gasteiger charge is 2.54. The van der Waals surface area contributed by atoms with Crippen molar-refractivity contribution in [1.82, 2.24) is 9.88 Å². The number of anilines is 1. The van der Waals surface area contributed by atoms with Crippen LogP contribution in [0.4, 0.5) is 9.93 Å². The minimum atomic E-state index is -0.580. The topological polar surface area (TPSA) is 94.5 Å². The third kappa shape index (κ3) is 4.66. The van der Waals surface area contributed by atoms with E-state index >= 15 is 0 Å². The standard InChI is InChI=1S/C28H33BN4O5S/c1-26(2,3)36-25(34)32-24-31-20-9-8-16(12-21(20)39-24)23-30-13-18-19(29-37-27(4,5)28(6,7)38-29)15-35-14-17-10-11-33(23)22(17)18/h8-9,12-13,15H,10-11,14H2,1-7H3,(H,31,32,34). The number of carbonyl (C=O) groups excluding carboxylic acids is 1. The summed E-state index contributed by atoms with van der Waals surface area (Å²) >= 11 is 1.41. The summed E-state index contributed by atoms with van der Waals surface area (Å²) in [5.74, 6) is 0.871. The largest absolute Gasteiger partial charge is 0.498 e. The van der Waals surface area contributed by atoms with Crippen LogP contribution < -0.4 is 5.32 Å². The Kier molecular flexibility index (Phi) is 5.98. The van der Waals surface area contributed by atoms with Crippen LogP contribution in [0.5, 0.6) is 0 Å². The van der Waals surface area contributed by atoms with E-state index in [0.29, 0.717) is 11.7 Å². The molecule has 1 aromatic carbocycles. The molecule has 0 radical (unpaired) electrons. The number of hydrogen-bond donors (Lipinski definition) is 1. The Morgan fingerprint density at radius 2 is 1.92 bits per heavy atom. The van der Waals surface area contributed by atoms with Crippen molar-refractivity contribution in [3.63, 3.8) is 0 Å². The van der Waals surface area contributed by atoms with Gasteiger partial charge in [0.2, 0.25) is 0 Å². The van der Waals surface area contributed by atoms with Crippen LogP contribution in [0.3, 0.4) is 0 Å². The third-order valence-corrected chi connectivity index (χ3v) is 8.54. The number of benzene rings is 1. The van der Waals surface area contributed by atoms with E-state index in [1.165, 1.54) is 16.9 Å². The van der Waals surface area contributed by atoms with Gasteiger partial charge in [-0.1, -0.05) is 11.3 Å². The van der Waals surface area contributed by atoms with Gasteiger partial charge in [0.1, 0.15) is 18.0 Å². The van der Waals surface area contributed by atoms with E-state index in [-0.39, 0.29) is 0 Å². The van der Waals surface area contributed by atoms with Crippen LogP contribution >= 0.6 is 11.3 Å². The van der Waals surface area contributed by atoms with Gasteiger partial charge >= 0.3 is 13.2 Å². The maximum Gasteiger partial charge on any atom is 0.498 e. The molecule has 0 aliphatic carbocycles. The molecule has 5 heterocycles. The summed E-state index contributed by atoms with van der Waals surface area (Å²) in [4.78, 5) is 24.0. The van der Waals surface area contributed by atoms with E-state index in [9.17, 15) is 4.79 Å². The molecule has 0 unspecified atom stereocenters. The fourth-order valence-electron chi connectivity index (χ4n) is 5.01. The van der Waals surface area contributed by atoms with E-state index in [2.05, 4.69) is 21.3 Å². The Morgan fingerprint density at radius 1 is 1.18 bits per heavy atom. The van der Waals surface area contributed by atoms with Gasteiger partial charge in [-0.2, -0.15) is 0 Å². The SMILES string of the molecule is CC(C)(C)OC(=O)Nc1nc2ccc(C3=NC=C4C(B5OC(C)(C)C(C)(C)O5)=COCC5=C4N3CC5)cc2s1. The predicted octanol–water partition coefficient (Wildman–Crippen LogP) is 5.79. The van der Waals surface area contributed by atoms with Gasteiger partial charge in [-0.05, 0) is 78.7 Å². The molecule has 1 fully saturated rings. The summed E-state index contributed by atoms with van der Waals surface area (Å²) in [6.07, 6.45) is 4.05. The first-order valence-corrected chi connectivity index (χ1v) is 14.0. The molecular weight excluding hydrogens is 515 g/mol. The molecule has 4 aliphatic heterocycles. The molecule has 1 saturated heterocycles. The molecule has 1 aromatic heterocycles.